The van der Waals surface area contributed by atoms with Gasteiger partial charge in [0.25, 0.3) is 5.91 Å². The molecule has 0 aliphatic carbocycles. The van der Waals surface area contributed by atoms with Gasteiger partial charge < -0.3 is 10.4 Å². The zero-order valence-electron chi connectivity index (χ0n) is 10.1. The normalized spacial score (nSPS) is 10.3. The van der Waals surface area contributed by atoms with Crippen LogP contribution in [-0.4, -0.2) is 11.0 Å². The fourth-order valence-corrected chi connectivity index (χ4v) is 1.62. The summed E-state index contributed by atoms with van der Waals surface area (Å²) in [5.74, 6) is -2.44. The van der Waals surface area contributed by atoms with E-state index in [0.29, 0.717) is 0 Å². The number of benzene rings is 2. The van der Waals surface area contributed by atoms with E-state index in [1.807, 2.05) is 0 Å². The summed E-state index contributed by atoms with van der Waals surface area (Å²) in [7, 11) is 0. The van der Waals surface area contributed by atoms with Crippen LogP contribution in [0.3, 0.4) is 0 Å². The molecule has 0 unspecified atom stereocenters. The molecule has 0 atom stereocenters. The van der Waals surface area contributed by atoms with Crippen LogP contribution in [0.2, 0.25) is 0 Å². The first kappa shape index (κ1) is 13.0. The second-order valence-electron chi connectivity index (χ2n) is 4.10. The fourth-order valence-electron chi connectivity index (χ4n) is 1.62. The Labute approximate surface area is 108 Å². The van der Waals surface area contributed by atoms with Gasteiger partial charge >= 0.3 is 0 Å². The number of carbonyl (C=O) groups is 1. The maximum absolute atomic E-state index is 13.5. The lowest BCUT2D eigenvalue weighted by molar-refractivity contribution is 0.102. The summed E-state index contributed by atoms with van der Waals surface area (Å²) < 4.78 is 26.3. The minimum Gasteiger partial charge on any atom is -0.507 e. The first-order valence-electron chi connectivity index (χ1n) is 5.53. The Morgan fingerprint density at radius 1 is 1.16 bits per heavy atom. The second-order valence-corrected chi connectivity index (χ2v) is 4.10. The van der Waals surface area contributed by atoms with Crippen molar-refractivity contribution in [2.45, 2.75) is 6.92 Å². The van der Waals surface area contributed by atoms with Crippen LogP contribution < -0.4 is 5.32 Å². The largest absolute Gasteiger partial charge is 0.507 e. The molecule has 0 bridgehead atoms. The molecule has 1 amide bonds. The van der Waals surface area contributed by atoms with E-state index in [9.17, 15) is 18.7 Å². The maximum atomic E-state index is 13.5. The molecule has 2 aromatic rings. The molecule has 0 saturated heterocycles. The Kier molecular flexibility index (Phi) is 3.46. The van der Waals surface area contributed by atoms with Crippen molar-refractivity contribution >= 4 is 11.6 Å². The van der Waals surface area contributed by atoms with Gasteiger partial charge in [-0.2, -0.15) is 0 Å². The highest BCUT2D eigenvalue weighted by Crippen LogP contribution is 2.21. The van der Waals surface area contributed by atoms with Crippen LogP contribution in [0.1, 0.15) is 15.9 Å². The third-order valence-corrected chi connectivity index (χ3v) is 2.57. The maximum Gasteiger partial charge on any atom is 0.259 e. The molecule has 19 heavy (non-hydrogen) atoms. The van der Waals surface area contributed by atoms with Gasteiger partial charge in [0.1, 0.15) is 17.4 Å². The number of amides is 1. The van der Waals surface area contributed by atoms with E-state index in [2.05, 4.69) is 5.32 Å². The van der Waals surface area contributed by atoms with Crippen molar-refractivity contribution in [3.63, 3.8) is 0 Å². The molecule has 2 rings (SSSR count). The number of hydrogen-bond donors (Lipinski definition) is 2. The van der Waals surface area contributed by atoms with Gasteiger partial charge in [-0.05, 0) is 36.8 Å². The van der Waals surface area contributed by atoms with Gasteiger partial charge in [0.2, 0.25) is 0 Å². The SMILES string of the molecule is Cc1ccc(F)c(NC(=O)c2ccc(F)cc2O)c1. The minimum atomic E-state index is -0.706. The molecule has 2 N–H and O–H groups in total. The van der Waals surface area contributed by atoms with E-state index in [1.165, 1.54) is 12.1 Å². The summed E-state index contributed by atoms with van der Waals surface area (Å²) in [6.07, 6.45) is 0. The second kappa shape index (κ2) is 5.06. The molecule has 0 saturated carbocycles. The summed E-state index contributed by atoms with van der Waals surface area (Å²) in [5.41, 5.74) is 0.663. The van der Waals surface area contributed by atoms with Crippen molar-refractivity contribution in [2.75, 3.05) is 5.32 Å². The number of hydrogen-bond acceptors (Lipinski definition) is 2. The van der Waals surface area contributed by atoms with Gasteiger partial charge in [0, 0.05) is 6.07 Å². The number of phenolic OH excluding ortho intramolecular Hbond substituents is 1. The number of aryl methyl sites for hydroxylation is 1. The first-order chi connectivity index (χ1) is 8.97. The van der Waals surface area contributed by atoms with Crippen LogP contribution in [0, 0.1) is 18.6 Å². The standard InChI is InChI=1S/C14H11F2NO2/c1-8-2-5-11(16)12(6-8)17-14(19)10-4-3-9(15)7-13(10)18/h2-7,18H,1H3,(H,17,19). The molecule has 5 heteroatoms. The molecule has 0 spiro atoms. The summed E-state index contributed by atoms with van der Waals surface area (Å²) in [6, 6.07) is 7.26. The lowest BCUT2D eigenvalue weighted by Gasteiger charge is -2.08. The topological polar surface area (TPSA) is 49.3 Å². The smallest absolute Gasteiger partial charge is 0.259 e. The van der Waals surface area contributed by atoms with Crippen LogP contribution in [0.25, 0.3) is 0 Å². The molecule has 0 heterocycles. The van der Waals surface area contributed by atoms with E-state index >= 15 is 0 Å². The number of carbonyl (C=O) groups excluding carboxylic acids is 1. The lowest BCUT2D eigenvalue weighted by Crippen LogP contribution is -2.13. The number of anilines is 1. The van der Waals surface area contributed by atoms with Gasteiger partial charge in [-0.25, -0.2) is 8.78 Å². The van der Waals surface area contributed by atoms with E-state index in [-0.39, 0.29) is 11.3 Å². The average molecular weight is 263 g/mol. The number of nitrogens with one attached hydrogen (secondary N) is 1. The summed E-state index contributed by atoms with van der Waals surface area (Å²) in [4.78, 5) is 11.8. The zero-order chi connectivity index (χ0) is 14.0. The van der Waals surface area contributed by atoms with E-state index in [1.54, 1.807) is 13.0 Å². The van der Waals surface area contributed by atoms with Crippen molar-refractivity contribution in [1.82, 2.24) is 0 Å². The molecule has 98 valence electrons. The van der Waals surface area contributed by atoms with Crippen LogP contribution >= 0.6 is 0 Å². The zero-order valence-corrected chi connectivity index (χ0v) is 10.1. The molecular formula is C14H11F2NO2. The van der Waals surface area contributed by atoms with Gasteiger partial charge in [-0.1, -0.05) is 6.07 Å². The van der Waals surface area contributed by atoms with Crippen molar-refractivity contribution in [3.8, 4) is 5.75 Å². The summed E-state index contributed by atoms with van der Waals surface area (Å²) in [5, 5.41) is 11.8. The third-order valence-electron chi connectivity index (χ3n) is 2.57. The molecule has 0 aliphatic heterocycles. The molecule has 0 radical (unpaired) electrons. The summed E-state index contributed by atoms with van der Waals surface area (Å²) in [6.45, 7) is 1.75. The van der Waals surface area contributed by atoms with Crippen molar-refractivity contribution in [2.24, 2.45) is 0 Å². The van der Waals surface area contributed by atoms with Crippen LogP contribution in [0.15, 0.2) is 36.4 Å². The van der Waals surface area contributed by atoms with E-state index in [4.69, 9.17) is 0 Å². The molecular weight excluding hydrogens is 252 g/mol. The van der Waals surface area contributed by atoms with Crippen molar-refractivity contribution in [3.05, 3.63) is 59.2 Å². The Hall–Kier alpha value is -2.43. The van der Waals surface area contributed by atoms with Crippen molar-refractivity contribution in [1.29, 1.82) is 0 Å². The predicted molar refractivity (Wildman–Crippen MR) is 67.2 cm³/mol. The van der Waals surface area contributed by atoms with E-state index in [0.717, 1.165) is 23.8 Å². The molecule has 0 fully saturated rings. The molecule has 0 aromatic heterocycles. The highest BCUT2D eigenvalue weighted by atomic mass is 19.1. The van der Waals surface area contributed by atoms with Crippen LogP contribution in [0.4, 0.5) is 14.5 Å². The molecule has 2 aromatic carbocycles. The quantitative estimate of drug-likeness (QED) is 0.873. The molecule has 0 aliphatic rings. The predicted octanol–water partition coefficient (Wildman–Crippen LogP) is 3.23. The average Bonchev–Trinajstić information content (AvgIpc) is 2.33. The highest BCUT2D eigenvalue weighted by Gasteiger charge is 2.13. The van der Waals surface area contributed by atoms with Gasteiger partial charge in [-0.3, -0.25) is 4.79 Å². The number of halogens is 2. The van der Waals surface area contributed by atoms with Gasteiger partial charge in [0.15, 0.2) is 0 Å². The first-order valence-corrected chi connectivity index (χ1v) is 5.53. The van der Waals surface area contributed by atoms with Gasteiger partial charge in [-0.15, -0.1) is 0 Å². The highest BCUT2D eigenvalue weighted by molar-refractivity contribution is 6.06. The van der Waals surface area contributed by atoms with Crippen LogP contribution in [-0.2, 0) is 0 Å². The Balaban J connectivity index is 2.28. The van der Waals surface area contributed by atoms with E-state index < -0.39 is 23.3 Å². The van der Waals surface area contributed by atoms with Crippen LogP contribution in [0.5, 0.6) is 5.75 Å². The fraction of sp³-hybridized carbons (Fsp3) is 0.0714. The Morgan fingerprint density at radius 2 is 1.89 bits per heavy atom. The lowest BCUT2D eigenvalue weighted by atomic mass is 10.1. The number of rotatable bonds is 2. The minimum absolute atomic E-state index is 0.00808. The number of phenols is 1. The third kappa shape index (κ3) is 2.88. The Bertz CT molecular complexity index is 641. The molecule has 3 nitrogen and oxygen atoms in total. The van der Waals surface area contributed by atoms with Crippen molar-refractivity contribution < 1.29 is 18.7 Å². The Morgan fingerprint density at radius 3 is 2.58 bits per heavy atom. The number of aromatic hydroxyl groups is 1. The monoisotopic (exact) mass is 263 g/mol. The van der Waals surface area contributed by atoms with Gasteiger partial charge in [0.05, 0.1) is 11.3 Å². The summed E-state index contributed by atoms with van der Waals surface area (Å²) >= 11 is 0.